The standard InChI is InChI=1S/C54H36N4/c55-37-38-16-13-25-45(34-38)47-27-15-29-49(36-47)54-57-52(43-23-11-4-12-24-43)56-53(58-54)44-32-30-39(31-33-44)46-26-14-28-48(35-46)51(42-21-9-3-10-22-42)50(40-17-5-1-6-18-40)41-19-7-2-8-20-41/h1-36H. The lowest BCUT2D eigenvalue weighted by Gasteiger charge is -2.19. The van der Waals surface area contributed by atoms with Crippen molar-refractivity contribution in [1.29, 1.82) is 5.26 Å². The second-order valence-electron chi connectivity index (χ2n) is 14.0. The molecular weight excluding hydrogens is 705 g/mol. The molecule has 4 nitrogen and oxygen atoms in total. The van der Waals surface area contributed by atoms with Gasteiger partial charge in [0.1, 0.15) is 0 Å². The Balaban J connectivity index is 1.12. The highest BCUT2D eigenvalue weighted by Crippen LogP contribution is 2.38. The van der Waals surface area contributed by atoms with Gasteiger partial charge in [0.25, 0.3) is 0 Å². The largest absolute Gasteiger partial charge is 0.208 e. The van der Waals surface area contributed by atoms with Crippen molar-refractivity contribution in [1.82, 2.24) is 15.0 Å². The summed E-state index contributed by atoms with van der Waals surface area (Å²) in [5, 5.41) is 9.50. The van der Waals surface area contributed by atoms with E-state index in [1.54, 1.807) is 0 Å². The van der Waals surface area contributed by atoms with Gasteiger partial charge in [0.2, 0.25) is 0 Å². The summed E-state index contributed by atoms with van der Waals surface area (Å²) in [6, 6.07) is 77.2. The molecule has 0 radical (unpaired) electrons. The van der Waals surface area contributed by atoms with Crippen LogP contribution in [0.1, 0.15) is 27.8 Å². The minimum atomic E-state index is 0.576. The molecule has 0 bridgehead atoms. The molecule has 4 heteroatoms. The zero-order valence-electron chi connectivity index (χ0n) is 31.6. The van der Waals surface area contributed by atoms with Gasteiger partial charge in [-0.1, -0.05) is 194 Å². The van der Waals surface area contributed by atoms with E-state index in [9.17, 15) is 5.26 Å². The third-order valence-corrected chi connectivity index (χ3v) is 10.2. The van der Waals surface area contributed by atoms with Crippen LogP contribution in [-0.2, 0) is 0 Å². The van der Waals surface area contributed by atoms with Crippen molar-refractivity contribution in [3.8, 4) is 62.5 Å². The zero-order chi connectivity index (χ0) is 39.1. The van der Waals surface area contributed by atoms with Crippen molar-refractivity contribution in [3.63, 3.8) is 0 Å². The number of aromatic nitrogens is 3. The van der Waals surface area contributed by atoms with Crippen LogP contribution in [0.3, 0.4) is 0 Å². The minimum absolute atomic E-state index is 0.576. The lowest BCUT2D eigenvalue weighted by atomic mass is 9.85. The van der Waals surface area contributed by atoms with Gasteiger partial charge in [-0.2, -0.15) is 5.26 Å². The average molecular weight is 741 g/mol. The molecule has 58 heavy (non-hydrogen) atoms. The summed E-state index contributed by atoms with van der Waals surface area (Å²) >= 11 is 0. The van der Waals surface area contributed by atoms with E-state index < -0.39 is 0 Å². The Kier molecular flexibility index (Phi) is 10.1. The molecule has 8 aromatic carbocycles. The molecule has 0 aliphatic rings. The first-order chi connectivity index (χ1) is 28.7. The maximum atomic E-state index is 9.50. The van der Waals surface area contributed by atoms with Gasteiger partial charge in [-0.3, -0.25) is 0 Å². The van der Waals surface area contributed by atoms with E-state index in [1.807, 2.05) is 72.8 Å². The summed E-state index contributed by atoms with van der Waals surface area (Å²) in [6.07, 6.45) is 0. The van der Waals surface area contributed by atoms with Crippen LogP contribution in [0, 0.1) is 11.3 Å². The number of rotatable bonds is 9. The highest BCUT2D eigenvalue weighted by molar-refractivity contribution is 6.05. The van der Waals surface area contributed by atoms with E-state index in [-0.39, 0.29) is 0 Å². The summed E-state index contributed by atoms with van der Waals surface area (Å²) < 4.78 is 0. The molecule has 0 N–H and O–H groups in total. The number of nitrogens with zero attached hydrogens (tertiary/aromatic N) is 4. The normalized spacial score (nSPS) is 10.7. The van der Waals surface area contributed by atoms with Crippen LogP contribution in [-0.4, -0.2) is 15.0 Å². The molecule has 0 aliphatic carbocycles. The molecule has 9 rings (SSSR count). The molecule has 0 unspecified atom stereocenters. The minimum Gasteiger partial charge on any atom is -0.208 e. The van der Waals surface area contributed by atoms with Crippen LogP contribution < -0.4 is 0 Å². The molecular formula is C54H36N4. The van der Waals surface area contributed by atoms with Gasteiger partial charge < -0.3 is 0 Å². The van der Waals surface area contributed by atoms with Gasteiger partial charge in [-0.05, 0) is 79.9 Å². The first-order valence-electron chi connectivity index (χ1n) is 19.2. The fourth-order valence-electron chi connectivity index (χ4n) is 7.35. The Labute approximate surface area is 338 Å². The van der Waals surface area contributed by atoms with Crippen molar-refractivity contribution in [2.45, 2.75) is 0 Å². The lowest BCUT2D eigenvalue weighted by molar-refractivity contribution is 1.07. The summed E-state index contributed by atoms with van der Waals surface area (Å²) in [7, 11) is 0. The summed E-state index contributed by atoms with van der Waals surface area (Å²) in [5.74, 6) is 1.76. The highest BCUT2D eigenvalue weighted by atomic mass is 15.0. The van der Waals surface area contributed by atoms with Gasteiger partial charge in [0.15, 0.2) is 17.5 Å². The van der Waals surface area contributed by atoms with E-state index >= 15 is 0 Å². The van der Waals surface area contributed by atoms with E-state index in [0.29, 0.717) is 23.0 Å². The molecule has 0 saturated heterocycles. The summed E-state index contributed by atoms with van der Waals surface area (Å²) in [4.78, 5) is 15.0. The lowest BCUT2D eigenvalue weighted by Crippen LogP contribution is -2.00. The van der Waals surface area contributed by atoms with Gasteiger partial charge >= 0.3 is 0 Å². The smallest absolute Gasteiger partial charge is 0.164 e. The van der Waals surface area contributed by atoms with Gasteiger partial charge in [-0.25, -0.2) is 15.0 Å². The van der Waals surface area contributed by atoms with Crippen molar-refractivity contribution in [2.75, 3.05) is 0 Å². The average Bonchev–Trinajstić information content (AvgIpc) is 3.32. The SMILES string of the molecule is N#Cc1cccc(-c2cccc(-c3nc(-c4ccccc4)nc(-c4ccc(-c5cccc(C(=C(c6ccccc6)c6ccccc6)c6ccccc6)c5)cc4)n3)c2)c1. The number of hydrogen-bond donors (Lipinski definition) is 0. The monoisotopic (exact) mass is 740 g/mol. The van der Waals surface area contributed by atoms with E-state index in [0.717, 1.165) is 61.2 Å². The second-order valence-corrected chi connectivity index (χ2v) is 14.0. The maximum Gasteiger partial charge on any atom is 0.164 e. The molecule has 0 spiro atoms. The molecule has 0 aliphatic heterocycles. The van der Waals surface area contributed by atoms with Crippen molar-refractivity contribution in [3.05, 3.63) is 246 Å². The van der Waals surface area contributed by atoms with Gasteiger partial charge in [0, 0.05) is 16.7 Å². The van der Waals surface area contributed by atoms with Crippen molar-refractivity contribution < 1.29 is 0 Å². The molecule has 0 amide bonds. The molecule has 1 heterocycles. The topological polar surface area (TPSA) is 62.5 Å². The third kappa shape index (κ3) is 7.62. The fraction of sp³-hybridized carbons (Fsp3) is 0. The molecule has 0 saturated carbocycles. The highest BCUT2D eigenvalue weighted by Gasteiger charge is 2.18. The van der Waals surface area contributed by atoms with Crippen LogP contribution in [0.15, 0.2) is 218 Å². The predicted octanol–water partition coefficient (Wildman–Crippen LogP) is 13.1. The summed E-state index contributed by atoms with van der Waals surface area (Å²) in [5.41, 5.74) is 14.4. The number of hydrogen-bond acceptors (Lipinski definition) is 4. The summed E-state index contributed by atoms with van der Waals surface area (Å²) in [6.45, 7) is 0. The number of benzene rings is 8. The van der Waals surface area contributed by atoms with Crippen LogP contribution in [0.5, 0.6) is 0 Å². The number of nitriles is 1. The van der Waals surface area contributed by atoms with E-state index in [2.05, 4.69) is 152 Å². The van der Waals surface area contributed by atoms with Crippen LogP contribution in [0.4, 0.5) is 0 Å². The van der Waals surface area contributed by atoms with Gasteiger partial charge in [-0.15, -0.1) is 0 Å². The maximum absolute atomic E-state index is 9.50. The van der Waals surface area contributed by atoms with E-state index in [4.69, 9.17) is 15.0 Å². The van der Waals surface area contributed by atoms with Crippen LogP contribution >= 0.6 is 0 Å². The van der Waals surface area contributed by atoms with Crippen molar-refractivity contribution in [2.24, 2.45) is 0 Å². The Morgan fingerprint density at radius 3 is 1.21 bits per heavy atom. The zero-order valence-corrected chi connectivity index (χ0v) is 31.6. The van der Waals surface area contributed by atoms with E-state index in [1.165, 1.54) is 11.1 Å². The molecule has 1 aromatic heterocycles. The Bertz CT molecular complexity index is 2870. The van der Waals surface area contributed by atoms with Gasteiger partial charge in [0.05, 0.1) is 11.6 Å². The quantitative estimate of drug-likeness (QED) is 0.138. The molecule has 272 valence electrons. The fourth-order valence-corrected chi connectivity index (χ4v) is 7.35. The van der Waals surface area contributed by atoms with Crippen LogP contribution in [0.25, 0.3) is 67.6 Å². The molecule has 9 aromatic rings. The Morgan fingerprint density at radius 1 is 0.293 bits per heavy atom. The second kappa shape index (κ2) is 16.4. The Hall–Kier alpha value is -8.00. The first-order valence-corrected chi connectivity index (χ1v) is 19.2. The Morgan fingerprint density at radius 2 is 0.655 bits per heavy atom. The molecule has 0 atom stereocenters. The third-order valence-electron chi connectivity index (χ3n) is 10.2. The predicted molar refractivity (Wildman–Crippen MR) is 236 cm³/mol. The molecule has 0 fully saturated rings. The first kappa shape index (κ1) is 35.7. The van der Waals surface area contributed by atoms with Crippen molar-refractivity contribution >= 4 is 11.1 Å². The van der Waals surface area contributed by atoms with Crippen LogP contribution in [0.2, 0.25) is 0 Å².